The first-order valence-electron chi connectivity index (χ1n) is 7.45. The minimum Gasteiger partial charge on any atom is -0.480 e. The monoisotopic (exact) mass is 266 g/mol. The molecule has 1 aliphatic carbocycles. The van der Waals surface area contributed by atoms with Gasteiger partial charge in [-0.05, 0) is 44.1 Å². The van der Waals surface area contributed by atoms with E-state index in [4.69, 9.17) is 0 Å². The van der Waals surface area contributed by atoms with Gasteiger partial charge in [0, 0.05) is 6.54 Å². The zero-order chi connectivity index (χ0) is 13.4. The van der Waals surface area contributed by atoms with Crippen molar-refractivity contribution in [2.75, 3.05) is 13.1 Å². The number of carbonyl (C=O) groups is 2. The second-order valence-corrected chi connectivity index (χ2v) is 6.13. The maximum Gasteiger partial charge on any atom is 0.326 e. The molecule has 4 unspecified atom stereocenters. The first kappa shape index (κ1) is 12.9. The van der Waals surface area contributed by atoms with Crippen molar-refractivity contribution in [3.8, 4) is 0 Å². The average Bonchev–Trinajstić information content (AvgIpc) is 2.98. The van der Waals surface area contributed by atoms with Gasteiger partial charge in [-0.15, -0.1) is 0 Å². The van der Waals surface area contributed by atoms with Crippen molar-refractivity contribution in [2.45, 2.75) is 50.6 Å². The molecule has 2 saturated heterocycles. The zero-order valence-corrected chi connectivity index (χ0v) is 11.2. The Morgan fingerprint density at radius 1 is 1.11 bits per heavy atom. The highest BCUT2D eigenvalue weighted by molar-refractivity contribution is 5.88. The van der Waals surface area contributed by atoms with Crippen molar-refractivity contribution >= 4 is 11.9 Å². The van der Waals surface area contributed by atoms with Crippen molar-refractivity contribution in [3.63, 3.8) is 0 Å². The molecule has 0 aromatic rings. The molecule has 0 aromatic heterocycles. The summed E-state index contributed by atoms with van der Waals surface area (Å²) in [5.41, 5.74) is 0. The lowest BCUT2D eigenvalue weighted by Crippen LogP contribution is -2.52. The van der Waals surface area contributed by atoms with Gasteiger partial charge in [0.2, 0.25) is 5.91 Å². The van der Waals surface area contributed by atoms with E-state index < -0.39 is 12.0 Å². The Kier molecular flexibility index (Phi) is 3.48. The second-order valence-electron chi connectivity index (χ2n) is 6.13. The number of carboxylic acids is 1. The number of nitrogens with zero attached hydrogens (tertiary/aromatic N) is 1. The molecule has 3 aliphatic rings. The summed E-state index contributed by atoms with van der Waals surface area (Å²) in [5, 5.41) is 12.7. The third-order valence-electron chi connectivity index (χ3n) is 5.03. The van der Waals surface area contributed by atoms with Gasteiger partial charge < -0.3 is 15.3 Å². The van der Waals surface area contributed by atoms with E-state index in [2.05, 4.69) is 5.32 Å². The van der Waals surface area contributed by atoms with Crippen LogP contribution in [-0.4, -0.2) is 47.1 Å². The summed E-state index contributed by atoms with van der Waals surface area (Å²) in [7, 11) is 0. The average molecular weight is 266 g/mol. The maximum atomic E-state index is 12.5. The Labute approximate surface area is 113 Å². The normalized spacial score (nSPS) is 38.2. The van der Waals surface area contributed by atoms with E-state index in [-0.39, 0.29) is 17.9 Å². The third kappa shape index (κ3) is 2.24. The summed E-state index contributed by atoms with van der Waals surface area (Å²) < 4.78 is 0. The lowest BCUT2D eigenvalue weighted by molar-refractivity contribution is -0.150. The van der Waals surface area contributed by atoms with Crippen LogP contribution >= 0.6 is 0 Å². The van der Waals surface area contributed by atoms with Crippen LogP contribution in [0.4, 0.5) is 0 Å². The molecule has 19 heavy (non-hydrogen) atoms. The molecule has 5 heteroatoms. The number of carbonyl (C=O) groups excluding carboxylic acids is 1. The Morgan fingerprint density at radius 3 is 2.63 bits per heavy atom. The van der Waals surface area contributed by atoms with Crippen LogP contribution in [0.25, 0.3) is 0 Å². The van der Waals surface area contributed by atoms with E-state index in [1.54, 1.807) is 4.90 Å². The van der Waals surface area contributed by atoms with Gasteiger partial charge in [0.15, 0.2) is 0 Å². The molecule has 4 atom stereocenters. The molecule has 0 aromatic carbocycles. The number of amides is 1. The molecule has 3 fully saturated rings. The van der Waals surface area contributed by atoms with Gasteiger partial charge >= 0.3 is 5.97 Å². The number of piperidine rings is 1. The second kappa shape index (κ2) is 5.12. The van der Waals surface area contributed by atoms with Crippen molar-refractivity contribution in [1.82, 2.24) is 10.2 Å². The zero-order valence-electron chi connectivity index (χ0n) is 11.2. The molecule has 106 valence electrons. The summed E-state index contributed by atoms with van der Waals surface area (Å²) in [4.78, 5) is 25.7. The van der Waals surface area contributed by atoms with E-state index in [1.807, 2.05) is 0 Å². The summed E-state index contributed by atoms with van der Waals surface area (Å²) >= 11 is 0. The summed E-state index contributed by atoms with van der Waals surface area (Å²) in [6.07, 6.45) is 6.17. The predicted molar refractivity (Wildman–Crippen MR) is 69.6 cm³/mol. The van der Waals surface area contributed by atoms with Crippen LogP contribution in [0.15, 0.2) is 0 Å². The molecule has 0 spiro atoms. The van der Waals surface area contributed by atoms with Gasteiger partial charge in [-0.2, -0.15) is 0 Å². The number of fused-ring (bicyclic) bond motifs is 1. The first-order chi connectivity index (χ1) is 9.18. The third-order valence-corrected chi connectivity index (χ3v) is 5.03. The quantitative estimate of drug-likeness (QED) is 0.777. The lowest BCUT2D eigenvalue weighted by Gasteiger charge is -2.30. The van der Waals surface area contributed by atoms with Crippen LogP contribution in [-0.2, 0) is 9.59 Å². The van der Waals surface area contributed by atoms with Gasteiger partial charge in [0.1, 0.15) is 6.04 Å². The van der Waals surface area contributed by atoms with Crippen LogP contribution < -0.4 is 5.32 Å². The van der Waals surface area contributed by atoms with Crippen LogP contribution in [0.2, 0.25) is 0 Å². The molecule has 1 saturated carbocycles. The Balaban J connectivity index is 1.75. The molecule has 5 nitrogen and oxygen atoms in total. The smallest absolute Gasteiger partial charge is 0.326 e. The lowest BCUT2D eigenvalue weighted by atomic mass is 9.94. The summed E-state index contributed by atoms with van der Waals surface area (Å²) in [6, 6.07) is -0.738. The Hall–Kier alpha value is -1.10. The fraction of sp³-hybridized carbons (Fsp3) is 0.857. The standard InChI is InChI=1S/C14H22N2O3/c17-13(11-6-1-2-7-15-11)16-8-9-4-3-5-10(9)12(16)14(18)19/h9-12,15H,1-8H2,(H,18,19). The molecular weight excluding hydrogens is 244 g/mol. The number of carboxylic acid groups (broad SMARTS) is 1. The number of aliphatic carboxylic acids is 1. The van der Waals surface area contributed by atoms with E-state index in [9.17, 15) is 14.7 Å². The molecule has 1 amide bonds. The van der Waals surface area contributed by atoms with Gasteiger partial charge in [-0.25, -0.2) is 4.79 Å². The SMILES string of the molecule is O=C(O)C1C2CCCC2CN1C(=O)C1CCCCN1. The van der Waals surface area contributed by atoms with Crippen molar-refractivity contribution in [3.05, 3.63) is 0 Å². The topological polar surface area (TPSA) is 69.6 Å². The molecular formula is C14H22N2O3. The molecule has 3 rings (SSSR count). The van der Waals surface area contributed by atoms with Crippen molar-refractivity contribution in [1.29, 1.82) is 0 Å². The summed E-state index contributed by atoms with van der Waals surface area (Å²) in [6.45, 7) is 1.52. The van der Waals surface area contributed by atoms with E-state index >= 15 is 0 Å². The van der Waals surface area contributed by atoms with Crippen LogP contribution in [0, 0.1) is 11.8 Å². The molecule has 2 heterocycles. The van der Waals surface area contributed by atoms with E-state index in [1.165, 1.54) is 0 Å². The molecule has 2 aliphatic heterocycles. The molecule has 2 N–H and O–H groups in total. The van der Waals surface area contributed by atoms with Crippen molar-refractivity contribution < 1.29 is 14.7 Å². The Morgan fingerprint density at radius 2 is 1.95 bits per heavy atom. The number of rotatable bonds is 2. The maximum absolute atomic E-state index is 12.5. The van der Waals surface area contributed by atoms with Gasteiger partial charge in [-0.1, -0.05) is 12.8 Å². The first-order valence-corrected chi connectivity index (χ1v) is 7.45. The molecule has 0 radical (unpaired) electrons. The highest BCUT2D eigenvalue weighted by Crippen LogP contribution is 2.42. The number of likely N-dealkylation sites (tertiary alicyclic amines) is 1. The predicted octanol–water partition coefficient (Wildman–Crippen LogP) is 0.840. The number of hydrogen-bond donors (Lipinski definition) is 2. The minimum atomic E-state index is -0.821. The fourth-order valence-electron chi connectivity index (χ4n) is 4.11. The Bertz CT molecular complexity index is 379. The van der Waals surface area contributed by atoms with Gasteiger partial charge in [0.25, 0.3) is 0 Å². The van der Waals surface area contributed by atoms with Crippen molar-refractivity contribution in [2.24, 2.45) is 11.8 Å². The largest absolute Gasteiger partial charge is 0.480 e. The molecule has 0 bridgehead atoms. The van der Waals surface area contributed by atoms with Gasteiger partial charge in [0.05, 0.1) is 6.04 Å². The minimum absolute atomic E-state index is 0.0153. The van der Waals surface area contributed by atoms with Gasteiger partial charge in [-0.3, -0.25) is 4.79 Å². The highest BCUT2D eigenvalue weighted by Gasteiger charge is 2.50. The van der Waals surface area contributed by atoms with E-state index in [0.29, 0.717) is 12.5 Å². The highest BCUT2D eigenvalue weighted by atomic mass is 16.4. The van der Waals surface area contributed by atoms with Crippen LogP contribution in [0.3, 0.4) is 0 Å². The number of nitrogens with one attached hydrogen (secondary N) is 1. The van der Waals surface area contributed by atoms with E-state index in [0.717, 1.165) is 45.1 Å². The number of hydrogen-bond acceptors (Lipinski definition) is 3. The summed E-state index contributed by atoms with van der Waals surface area (Å²) in [5.74, 6) is -0.209. The van der Waals surface area contributed by atoms with Crippen LogP contribution in [0.5, 0.6) is 0 Å². The fourth-order valence-corrected chi connectivity index (χ4v) is 4.11. The van der Waals surface area contributed by atoms with Crippen LogP contribution in [0.1, 0.15) is 38.5 Å².